The van der Waals surface area contributed by atoms with Gasteiger partial charge in [0.25, 0.3) is 0 Å². The lowest BCUT2D eigenvalue weighted by atomic mass is 9.92. The lowest BCUT2D eigenvalue weighted by Crippen LogP contribution is -2.14. The molecule has 0 saturated carbocycles. The molecule has 0 heterocycles. The second-order valence-corrected chi connectivity index (χ2v) is 5.14. The molecule has 0 aliphatic heterocycles. The third kappa shape index (κ3) is 4.32. The highest BCUT2D eigenvalue weighted by atomic mass is 19.1. The van der Waals surface area contributed by atoms with Gasteiger partial charge in [0.15, 0.2) is 0 Å². The Balaban J connectivity index is 2.17. The molecule has 0 saturated heterocycles. The number of carboxylic acids is 1. The molecule has 2 aromatic carbocycles. The molecule has 1 atom stereocenters. The topological polar surface area (TPSA) is 46.5 Å². The Bertz CT molecular complexity index is 622. The van der Waals surface area contributed by atoms with Crippen LogP contribution in [0.2, 0.25) is 0 Å². The van der Waals surface area contributed by atoms with E-state index in [2.05, 4.69) is 0 Å². The van der Waals surface area contributed by atoms with Gasteiger partial charge >= 0.3 is 5.97 Å². The first-order chi connectivity index (χ1) is 10.6. The average molecular weight is 302 g/mol. The predicted octanol–water partition coefficient (Wildman–Crippen LogP) is 4.03. The van der Waals surface area contributed by atoms with Crippen LogP contribution in [0.1, 0.15) is 30.4 Å². The van der Waals surface area contributed by atoms with Crippen LogP contribution < -0.4 is 4.74 Å². The van der Waals surface area contributed by atoms with Gasteiger partial charge in [0.1, 0.15) is 11.6 Å². The van der Waals surface area contributed by atoms with Gasteiger partial charge in [-0.1, -0.05) is 31.2 Å². The minimum atomic E-state index is -0.925. The molecule has 1 unspecified atom stereocenters. The summed E-state index contributed by atoms with van der Waals surface area (Å²) in [6.45, 7) is 2.66. The van der Waals surface area contributed by atoms with Crippen LogP contribution in [0.15, 0.2) is 48.5 Å². The molecule has 0 fully saturated rings. The van der Waals surface area contributed by atoms with E-state index in [1.807, 2.05) is 31.2 Å². The number of carbonyl (C=O) groups is 1. The van der Waals surface area contributed by atoms with Gasteiger partial charge in [0.2, 0.25) is 0 Å². The third-order valence-electron chi connectivity index (χ3n) is 3.38. The molecule has 116 valence electrons. The van der Waals surface area contributed by atoms with E-state index < -0.39 is 11.9 Å². The summed E-state index contributed by atoms with van der Waals surface area (Å²) in [5, 5.41) is 9.44. The van der Waals surface area contributed by atoms with Crippen molar-refractivity contribution in [1.29, 1.82) is 0 Å². The van der Waals surface area contributed by atoms with Gasteiger partial charge in [-0.3, -0.25) is 4.79 Å². The van der Waals surface area contributed by atoms with E-state index in [1.54, 1.807) is 0 Å². The highest BCUT2D eigenvalue weighted by Crippen LogP contribution is 2.24. The van der Waals surface area contributed by atoms with Gasteiger partial charge in [-0.05, 0) is 48.2 Å². The van der Waals surface area contributed by atoms with Crippen LogP contribution in [0.4, 0.5) is 4.39 Å². The number of carboxylic acid groups (broad SMARTS) is 1. The van der Waals surface area contributed by atoms with Gasteiger partial charge in [-0.2, -0.15) is 0 Å². The van der Waals surface area contributed by atoms with Crippen molar-refractivity contribution in [2.24, 2.45) is 0 Å². The molecule has 0 radical (unpaired) electrons. The van der Waals surface area contributed by atoms with E-state index in [-0.39, 0.29) is 5.82 Å². The van der Waals surface area contributed by atoms with Crippen molar-refractivity contribution in [3.8, 4) is 5.75 Å². The molecule has 22 heavy (non-hydrogen) atoms. The Hall–Kier alpha value is -2.36. The van der Waals surface area contributed by atoms with Gasteiger partial charge in [-0.25, -0.2) is 4.39 Å². The van der Waals surface area contributed by atoms with Gasteiger partial charge in [0, 0.05) is 0 Å². The number of benzene rings is 2. The van der Waals surface area contributed by atoms with Crippen LogP contribution in [0.25, 0.3) is 0 Å². The fourth-order valence-corrected chi connectivity index (χ4v) is 2.26. The summed E-state index contributed by atoms with van der Waals surface area (Å²) < 4.78 is 18.5. The quantitative estimate of drug-likeness (QED) is 0.840. The molecule has 4 heteroatoms. The van der Waals surface area contributed by atoms with Gasteiger partial charge < -0.3 is 9.84 Å². The van der Waals surface area contributed by atoms with E-state index in [9.17, 15) is 14.3 Å². The highest BCUT2D eigenvalue weighted by molar-refractivity contribution is 5.76. The molecule has 0 amide bonds. The highest BCUT2D eigenvalue weighted by Gasteiger charge is 2.20. The second-order valence-electron chi connectivity index (χ2n) is 5.14. The summed E-state index contributed by atoms with van der Waals surface area (Å²) in [4.78, 5) is 11.5. The van der Waals surface area contributed by atoms with Gasteiger partial charge in [-0.15, -0.1) is 0 Å². The molecule has 1 N–H and O–H groups in total. The Morgan fingerprint density at radius 2 is 1.95 bits per heavy atom. The second kappa shape index (κ2) is 7.59. The zero-order chi connectivity index (χ0) is 15.9. The number of rotatable bonds is 7. The molecule has 0 spiro atoms. The fraction of sp³-hybridized carbons (Fsp3) is 0.278. The standard InChI is InChI=1S/C18H19FO3/c1-2-10-22-16-5-3-4-13(11-16)12-17(18(20)21)14-6-8-15(19)9-7-14/h3-9,11,17H,2,10,12H2,1H3,(H,20,21). The Labute approximate surface area is 129 Å². The van der Waals surface area contributed by atoms with Crippen LogP contribution in [-0.4, -0.2) is 17.7 Å². The van der Waals surface area contributed by atoms with Crippen LogP contribution >= 0.6 is 0 Å². The zero-order valence-corrected chi connectivity index (χ0v) is 12.5. The molecule has 2 aromatic rings. The number of halogens is 1. The van der Waals surface area contributed by atoms with Crippen molar-refractivity contribution in [2.75, 3.05) is 6.61 Å². The van der Waals surface area contributed by atoms with E-state index in [1.165, 1.54) is 24.3 Å². The molecular weight excluding hydrogens is 283 g/mol. The lowest BCUT2D eigenvalue weighted by Gasteiger charge is -2.14. The maximum absolute atomic E-state index is 13.0. The van der Waals surface area contributed by atoms with Crippen molar-refractivity contribution < 1.29 is 19.0 Å². The molecule has 3 nitrogen and oxygen atoms in total. The monoisotopic (exact) mass is 302 g/mol. The maximum atomic E-state index is 13.0. The Kier molecular flexibility index (Phi) is 5.53. The number of ether oxygens (including phenoxy) is 1. The van der Waals surface area contributed by atoms with Crippen LogP contribution in [0, 0.1) is 5.82 Å². The summed E-state index contributed by atoms with van der Waals surface area (Å²) in [5.41, 5.74) is 1.47. The normalized spacial score (nSPS) is 11.9. The van der Waals surface area contributed by atoms with Gasteiger partial charge in [0.05, 0.1) is 12.5 Å². The molecular formula is C18H19FO3. The summed E-state index contributed by atoms with van der Waals surface area (Å²) in [6.07, 6.45) is 1.25. The first kappa shape index (κ1) is 16.0. The molecule has 0 bridgehead atoms. The molecule has 0 aliphatic rings. The number of hydrogen-bond donors (Lipinski definition) is 1. The summed E-state index contributed by atoms with van der Waals surface area (Å²) in [7, 11) is 0. The van der Waals surface area contributed by atoms with Crippen LogP contribution in [-0.2, 0) is 11.2 Å². The van der Waals surface area contributed by atoms with Crippen molar-refractivity contribution in [2.45, 2.75) is 25.7 Å². The first-order valence-corrected chi connectivity index (χ1v) is 7.30. The maximum Gasteiger partial charge on any atom is 0.311 e. The van der Waals surface area contributed by atoms with Crippen molar-refractivity contribution in [3.63, 3.8) is 0 Å². The number of hydrogen-bond acceptors (Lipinski definition) is 2. The van der Waals surface area contributed by atoms with Crippen LogP contribution in [0.3, 0.4) is 0 Å². The predicted molar refractivity (Wildman–Crippen MR) is 82.7 cm³/mol. The average Bonchev–Trinajstić information content (AvgIpc) is 2.52. The largest absolute Gasteiger partial charge is 0.494 e. The zero-order valence-electron chi connectivity index (χ0n) is 12.5. The third-order valence-corrected chi connectivity index (χ3v) is 3.38. The van der Waals surface area contributed by atoms with Crippen molar-refractivity contribution in [1.82, 2.24) is 0 Å². The smallest absolute Gasteiger partial charge is 0.311 e. The number of aliphatic carboxylic acids is 1. The summed E-state index contributed by atoms with van der Waals surface area (Å²) in [5.74, 6) is -1.26. The van der Waals surface area contributed by atoms with Crippen molar-refractivity contribution >= 4 is 5.97 Å². The van der Waals surface area contributed by atoms with E-state index in [0.717, 1.165) is 17.7 Å². The first-order valence-electron chi connectivity index (χ1n) is 7.30. The van der Waals surface area contributed by atoms with Crippen molar-refractivity contribution in [3.05, 3.63) is 65.5 Å². The summed E-state index contributed by atoms with van der Waals surface area (Å²) in [6, 6.07) is 13.0. The molecule has 0 aliphatic carbocycles. The lowest BCUT2D eigenvalue weighted by molar-refractivity contribution is -0.138. The van der Waals surface area contributed by atoms with E-state index in [0.29, 0.717) is 18.6 Å². The van der Waals surface area contributed by atoms with Crippen LogP contribution in [0.5, 0.6) is 5.75 Å². The fourth-order valence-electron chi connectivity index (χ4n) is 2.26. The molecule has 0 aromatic heterocycles. The molecule has 2 rings (SSSR count). The Morgan fingerprint density at radius 1 is 1.23 bits per heavy atom. The van der Waals surface area contributed by atoms with E-state index >= 15 is 0 Å². The summed E-state index contributed by atoms with van der Waals surface area (Å²) >= 11 is 0. The van der Waals surface area contributed by atoms with E-state index in [4.69, 9.17) is 4.74 Å². The SMILES string of the molecule is CCCOc1cccc(CC(C(=O)O)c2ccc(F)cc2)c1. The minimum Gasteiger partial charge on any atom is -0.494 e. The minimum absolute atomic E-state index is 0.338. The Morgan fingerprint density at radius 3 is 2.59 bits per heavy atom.